The highest BCUT2D eigenvalue weighted by atomic mass is 16.5. The molecule has 0 bridgehead atoms. The molecule has 3 nitrogen and oxygen atoms in total. The Balaban J connectivity index is 2.05. The first-order chi connectivity index (χ1) is 9.61. The van der Waals surface area contributed by atoms with Crippen LogP contribution in [0.1, 0.15) is 32.6 Å². The molecule has 2 rings (SSSR count). The van der Waals surface area contributed by atoms with Gasteiger partial charge in [-0.25, -0.2) is 4.79 Å². The summed E-state index contributed by atoms with van der Waals surface area (Å²) in [6, 6.07) is 14.6. The van der Waals surface area contributed by atoms with Crippen LogP contribution >= 0.6 is 0 Å². The average molecular weight is 265 g/mol. The van der Waals surface area contributed by atoms with Crippen molar-refractivity contribution in [1.29, 1.82) is 5.26 Å². The van der Waals surface area contributed by atoms with E-state index in [1.54, 1.807) is 30.3 Å². The van der Waals surface area contributed by atoms with Crippen molar-refractivity contribution in [2.45, 2.75) is 20.5 Å². The average Bonchev–Trinajstić information content (AvgIpc) is 2.48. The summed E-state index contributed by atoms with van der Waals surface area (Å²) >= 11 is 0. The summed E-state index contributed by atoms with van der Waals surface area (Å²) < 4.78 is 5.30. The molecule has 0 radical (unpaired) electrons. The van der Waals surface area contributed by atoms with E-state index in [-0.39, 0.29) is 12.6 Å². The van der Waals surface area contributed by atoms with Gasteiger partial charge in [-0.1, -0.05) is 24.3 Å². The zero-order valence-electron chi connectivity index (χ0n) is 11.5. The Bertz CT molecular complexity index is 666. The SMILES string of the molecule is Cc1cccc(C(=O)OCc2ccc(C#N)cc2)c1C. The van der Waals surface area contributed by atoms with E-state index in [1.807, 2.05) is 26.0 Å². The highest BCUT2D eigenvalue weighted by Crippen LogP contribution is 2.15. The molecule has 0 aliphatic carbocycles. The summed E-state index contributed by atoms with van der Waals surface area (Å²) in [5, 5.41) is 8.72. The molecule has 0 heterocycles. The monoisotopic (exact) mass is 265 g/mol. The molecule has 2 aromatic rings. The fraction of sp³-hybridized carbons (Fsp3) is 0.176. The zero-order valence-corrected chi connectivity index (χ0v) is 11.5. The van der Waals surface area contributed by atoms with Crippen molar-refractivity contribution in [3.8, 4) is 6.07 Å². The number of carbonyl (C=O) groups is 1. The van der Waals surface area contributed by atoms with Crippen molar-refractivity contribution in [3.63, 3.8) is 0 Å². The Hall–Kier alpha value is -2.60. The van der Waals surface area contributed by atoms with Gasteiger partial charge in [0.15, 0.2) is 0 Å². The standard InChI is InChI=1S/C17H15NO2/c1-12-4-3-5-16(13(12)2)17(19)20-11-15-8-6-14(10-18)7-9-15/h3-9H,11H2,1-2H3. The quantitative estimate of drug-likeness (QED) is 0.798. The van der Waals surface area contributed by atoms with Crippen LogP contribution in [0.4, 0.5) is 0 Å². The predicted molar refractivity (Wildman–Crippen MR) is 76.2 cm³/mol. The fourth-order valence-electron chi connectivity index (χ4n) is 1.87. The van der Waals surface area contributed by atoms with Crippen LogP contribution in [-0.4, -0.2) is 5.97 Å². The van der Waals surface area contributed by atoms with Crippen molar-refractivity contribution in [3.05, 3.63) is 70.3 Å². The second kappa shape index (κ2) is 6.03. The number of benzene rings is 2. The lowest BCUT2D eigenvalue weighted by Crippen LogP contribution is -2.07. The van der Waals surface area contributed by atoms with Gasteiger partial charge < -0.3 is 4.74 Å². The lowest BCUT2D eigenvalue weighted by molar-refractivity contribution is 0.0471. The molecule has 0 saturated heterocycles. The van der Waals surface area contributed by atoms with Gasteiger partial charge in [0.2, 0.25) is 0 Å². The minimum absolute atomic E-state index is 0.206. The van der Waals surface area contributed by atoms with Crippen molar-refractivity contribution in [2.75, 3.05) is 0 Å². The van der Waals surface area contributed by atoms with Crippen LogP contribution in [0.15, 0.2) is 42.5 Å². The van der Waals surface area contributed by atoms with Crippen LogP contribution < -0.4 is 0 Å². The van der Waals surface area contributed by atoms with Gasteiger partial charge in [0.1, 0.15) is 6.61 Å². The van der Waals surface area contributed by atoms with E-state index in [1.165, 1.54) is 0 Å². The Morgan fingerprint density at radius 3 is 2.50 bits per heavy atom. The first kappa shape index (κ1) is 13.8. The third kappa shape index (κ3) is 3.04. The van der Waals surface area contributed by atoms with Gasteiger partial charge in [0, 0.05) is 0 Å². The van der Waals surface area contributed by atoms with Crippen LogP contribution in [0.3, 0.4) is 0 Å². The van der Waals surface area contributed by atoms with E-state index >= 15 is 0 Å². The smallest absolute Gasteiger partial charge is 0.338 e. The maximum Gasteiger partial charge on any atom is 0.338 e. The van der Waals surface area contributed by atoms with E-state index in [2.05, 4.69) is 6.07 Å². The summed E-state index contributed by atoms with van der Waals surface area (Å²) in [5.74, 6) is -0.324. The van der Waals surface area contributed by atoms with Crippen molar-refractivity contribution in [2.24, 2.45) is 0 Å². The molecular formula is C17H15NO2. The van der Waals surface area contributed by atoms with Crippen molar-refractivity contribution >= 4 is 5.97 Å². The molecule has 0 N–H and O–H groups in total. The molecule has 0 aliphatic rings. The fourth-order valence-corrected chi connectivity index (χ4v) is 1.87. The maximum absolute atomic E-state index is 12.0. The minimum atomic E-state index is -0.324. The number of hydrogen-bond acceptors (Lipinski definition) is 3. The van der Waals surface area contributed by atoms with Gasteiger partial charge in [-0.15, -0.1) is 0 Å². The number of esters is 1. The van der Waals surface area contributed by atoms with Gasteiger partial charge in [-0.2, -0.15) is 5.26 Å². The van der Waals surface area contributed by atoms with Crippen LogP contribution in [-0.2, 0) is 11.3 Å². The Labute approximate surface area is 118 Å². The van der Waals surface area contributed by atoms with E-state index in [0.717, 1.165) is 16.7 Å². The Kier molecular flexibility index (Phi) is 4.17. The molecule has 0 spiro atoms. The second-order valence-corrected chi connectivity index (χ2v) is 4.63. The molecule has 0 aromatic heterocycles. The topological polar surface area (TPSA) is 50.1 Å². The molecule has 20 heavy (non-hydrogen) atoms. The van der Waals surface area contributed by atoms with Crippen LogP contribution in [0, 0.1) is 25.2 Å². The second-order valence-electron chi connectivity index (χ2n) is 4.63. The molecule has 3 heteroatoms. The highest BCUT2D eigenvalue weighted by molar-refractivity contribution is 5.91. The molecule has 0 atom stereocenters. The first-order valence-electron chi connectivity index (χ1n) is 6.34. The van der Waals surface area contributed by atoms with E-state index in [0.29, 0.717) is 11.1 Å². The molecule has 0 unspecified atom stereocenters. The van der Waals surface area contributed by atoms with E-state index in [4.69, 9.17) is 10.00 Å². The number of rotatable bonds is 3. The van der Waals surface area contributed by atoms with Crippen LogP contribution in [0.2, 0.25) is 0 Å². The van der Waals surface area contributed by atoms with E-state index < -0.39 is 0 Å². The Morgan fingerprint density at radius 1 is 1.15 bits per heavy atom. The summed E-state index contributed by atoms with van der Waals surface area (Å²) in [6.45, 7) is 4.08. The predicted octanol–water partition coefficient (Wildman–Crippen LogP) is 3.53. The number of nitriles is 1. The number of carbonyl (C=O) groups excluding carboxylic acids is 1. The zero-order chi connectivity index (χ0) is 14.5. The van der Waals surface area contributed by atoms with Gasteiger partial charge in [-0.3, -0.25) is 0 Å². The largest absolute Gasteiger partial charge is 0.457 e. The third-order valence-electron chi connectivity index (χ3n) is 3.28. The molecular weight excluding hydrogens is 250 g/mol. The van der Waals surface area contributed by atoms with E-state index in [9.17, 15) is 4.79 Å². The maximum atomic E-state index is 12.0. The minimum Gasteiger partial charge on any atom is -0.457 e. The number of hydrogen-bond donors (Lipinski definition) is 0. The van der Waals surface area contributed by atoms with Gasteiger partial charge >= 0.3 is 5.97 Å². The highest BCUT2D eigenvalue weighted by Gasteiger charge is 2.11. The van der Waals surface area contributed by atoms with Crippen molar-refractivity contribution in [1.82, 2.24) is 0 Å². The normalized spacial score (nSPS) is 9.85. The number of nitrogens with zero attached hydrogens (tertiary/aromatic N) is 1. The summed E-state index contributed by atoms with van der Waals surface area (Å²) in [7, 11) is 0. The lowest BCUT2D eigenvalue weighted by atomic mass is 10.0. The molecule has 100 valence electrons. The molecule has 0 saturated carbocycles. The summed E-state index contributed by atoms with van der Waals surface area (Å²) in [5.41, 5.74) is 4.06. The molecule has 2 aromatic carbocycles. The molecule has 0 fully saturated rings. The van der Waals surface area contributed by atoms with Gasteiger partial charge in [0.05, 0.1) is 17.2 Å². The number of aryl methyl sites for hydroxylation is 1. The van der Waals surface area contributed by atoms with Crippen LogP contribution in [0.25, 0.3) is 0 Å². The molecule has 0 amide bonds. The van der Waals surface area contributed by atoms with Gasteiger partial charge in [-0.05, 0) is 48.7 Å². The summed E-state index contributed by atoms with van der Waals surface area (Å²) in [6.07, 6.45) is 0. The third-order valence-corrected chi connectivity index (χ3v) is 3.28. The van der Waals surface area contributed by atoms with Crippen molar-refractivity contribution < 1.29 is 9.53 Å². The van der Waals surface area contributed by atoms with Gasteiger partial charge in [0.25, 0.3) is 0 Å². The summed E-state index contributed by atoms with van der Waals surface area (Å²) in [4.78, 5) is 12.0. The lowest BCUT2D eigenvalue weighted by Gasteiger charge is -2.09. The molecule has 0 aliphatic heterocycles. The van der Waals surface area contributed by atoms with Crippen LogP contribution in [0.5, 0.6) is 0 Å². The Morgan fingerprint density at radius 2 is 1.85 bits per heavy atom. The first-order valence-corrected chi connectivity index (χ1v) is 6.34. The number of ether oxygens (including phenoxy) is 1.